The molecule has 0 saturated heterocycles. The lowest BCUT2D eigenvalue weighted by Gasteiger charge is -2.35. The van der Waals surface area contributed by atoms with Crippen LogP contribution in [-0.4, -0.2) is 6.18 Å². The van der Waals surface area contributed by atoms with Crippen LogP contribution in [0.4, 0.5) is 13.2 Å². The molecular formula is C18H12F3N3O. The van der Waals surface area contributed by atoms with E-state index in [4.69, 9.17) is 15.3 Å². The number of nitrogens with zero attached hydrogens (tertiary/aromatic N) is 3. The zero-order valence-corrected chi connectivity index (χ0v) is 13.3. The number of hydrogen-bond acceptors (Lipinski definition) is 4. The molecule has 4 nitrogen and oxygen atoms in total. The first kappa shape index (κ1) is 18.1. The number of alkyl halides is 3. The van der Waals surface area contributed by atoms with Crippen LogP contribution >= 0.6 is 0 Å². The van der Waals surface area contributed by atoms with Gasteiger partial charge in [0.15, 0.2) is 11.3 Å². The lowest BCUT2D eigenvalue weighted by atomic mass is 9.79. The highest BCUT2D eigenvalue weighted by atomic mass is 19.4. The summed E-state index contributed by atoms with van der Waals surface area (Å²) < 4.78 is 47.9. The maximum atomic E-state index is 14.2. The van der Waals surface area contributed by atoms with Crippen LogP contribution in [0.3, 0.4) is 0 Å². The van der Waals surface area contributed by atoms with Gasteiger partial charge in [0.05, 0.1) is 0 Å². The number of nitriles is 3. The highest BCUT2D eigenvalue weighted by Gasteiger charge is 2.66. The summed E-state index contributed by atoms with van der Waals surface area (Å²) in [5, 5.41) is 27.5. The minimum atomic E-state index is -4.91. The molecule has 0 amide bonds. The Balaban J connectivity index is 2.99. The Morgan fingerprint density at radius 3 is 2.04 bits per heavy atom. The molecular weight excluding hydrogens is 331 g/mol. The van der Waals surface area contributed by atoms with Crippen molar-refractivity contribution in [3.05, 3.63) is 58.4 Å². The van der Waals surface area contributed by atoms with Gasteiger partial charge in [-0.15, -0.1) is 0 Å². The van der Waals surface area contributed by atoms with Gasteiger partial charge < -0.3 is 4.74 Å². The fourth-order valence-corrected chi connectivity index (χ4v) is 2.93. The maximum Gasteiger partial charge on any atom is 0.436 e. The second-order valence-corrected chi connectivity index (χ2v) is 5.63. The largest absolute Gasteiger partial charge is 0.465 e. The van der Waals surface area contributed by atoms with E-state index in [0.29, 0.717) is 0 Å². The Bertz CT molecular complexity index is 861. The van der Waals surface area contributed by atoms with Crippen LogP contribution < -0.4 is 0 Å². The van der Waals surface area contributed by atoms with Crippen molar-refractivity contribution in [3.63, 3.8) is 0 Å². The number of benzene rings is 1. The van der Waals surface area contributed by atoms with Crippen LogP contribution in [0.15, 0.2) is 52.8 Å². The van der Waals surface area contributed by atoms with E-state index >= 15 is 0 Å². The molecule has 0 bridgehead atoms. The van der Waals surface area contributed by atoms with Crippen molar-refractivity contribution in [2.24, 2.45) is 5.92 Å². The van der Waals surface area contributed by atoms with Crippen molar-refractivity contribution >= 4 is 0 Å². The maximum absolute atomic E-state index is 14.2. The van der Waals surface area contributed by atoms with Crippen LogP contribution in [0.5, 0.6) is 0 Å². The molecule has 1 heterocycles. The molecule has 1 aliphatic heterocycles. The molecule has 0 aliphatic carbocycles. The summed E-state index contributed by atoms with van der Waals surface area (Å²) in [6.07, 6.45) is -4.91. The monoisotopic (exact) mass is 343 g/mol. The van der Waals surface area contributed by atoms with E-state index in [2.05, 4.69) is 0 Å². The van der Waals surface area contributed by atoms with Gasteiger partial charge in [-0.05, 0) is 5.92 Å². The number of rotatable bonds is 2. The number of halogens is 3. The van der Waals surface area contributed by atoms with Crippen molar-refractivity contribution in [1.29, 1.82) is 15.8 Å². The summed E-state index contributed by atoms with van der Waals surface area (Å²) in [5.41, 5.74) is -4.54. The minimum absolute atomic E-state index is 0.218. The molecule has 0 aromatic heterocycles. The van der Waals surface area contributed by atoms with E-state index in [1.807, 2.05) is 0 Å². The molecule has 1 aromatic rings. The summed E-state index contributed by atoms with van der Waals surface area (Å²) in [6, 6.07) is 11.6. The highest BCUT2D eigenvalue weighted by Crippen LogP contribution is 2.57. The molecule has 25 heavy (non-hydrogen) atoms. The molecule has 2 rings (SSSR count). The summed E-state index contributed by atoms with van der Waals surface area (Å²) in [5.74, 6) is -1.34. The zero-order chi connectivity index (χ0) is 18.8. The van der Waals surface area contributed by atoms with Gasteiger partial charge in [0.2, 0.25) is 0 Å². The molecule has 0 spiro atoms. The number of ether oxygens (including phenoxy) is 1. The Kier molecular flexibility index (Phi) is 4.59. The van der Waals surface area contributed by atoms with Gasteiger partial charge >= 0.3 is 6.18 Å². The fraction of sp³-hybridized carbons (Fsp3) is 0.278. The molecule has 1 unspecified atom stereocenters. The molecule has 126 valence electrons. The summed E-state index contributed by atoms with van der Waals surface area (Å²) in [7, 11) is 0. The lowest BCUT2D eigenvalue weighted by Crippen LogP contribution is -2.45. The number of hydrogen-bond donors (Lipinski definition) is 0. The molecule has 1 atom stereocenters. The van der Waals surface area contributed by atoms with Gasteiger partial charge in [0.1, 0.15) is 23.8 Å². The van der Waals surface area contributed by atoms with Gasteiger partial charge in [-0.1, -0.05) is 44.2 Å². The van der Waals surface area contributed by atoms with Crippen LogP contribution in [0, 0.1) is 39.9 Å². The third-order valence-corrected chi connectivity index (χ3v) is 3.85. The number of allylic oxidation sites excluding steroid dienone is 2. The summed E-state index contributed by atoms with van der Waals surface area (Å²) >= 11 is 0. The topological polar surface area (TPSA) is 80.6 Å². The van der Waals surface area contributed by atoms with Crippen LogP contribution in [0.1, 0.15) is 19.4 Å². The SMILES string of the molecule is CC(C)C1=C(C#N)C(=C(C#N)C#N)OC1(c1ccccc1)C(F)(F)F. The molecule has 1 aliphatic rings. The van der Waals surface area contributed by atoms with Gasteiger partial charge in [0, 0.05) is 11.1 Å². The van der Waals surface area contributed by atoms with E-state index in [9.17, 15) is 18.4 Å². The van der Waals surface area contributed by atoms with E-state index in [-0.39, 0.29) is 11.1 Å². The third kappa shape index (κ3) is 2.62. The smallest absolute Gasteiger partial charge is 0.436 e. The Hall–Kier alpha value is -3.24. The van der Waals surface area contributed by atoms with E-state index < -0.39 is 34.6 Å². The van der Waals surface area contributed by atoms with Gasteiger partial charge in [0.25, 0.3) is 5.60 Å². The van der Waals surface area contributed by atoms with Crippen molar-refractivity contribution in [1.82, 2.24) is 0 Å². The Morgan fingerprint density at radius 2 is 1.64 bits per heavy atom. The summed E-state index contributed by atoms with van der Waals surface area (Å²) in [4.78, 5) is 0. The third-order valence-electron chi connectivity index (χ3n) is 3.85. The van der Waals surface area contributed by atoms with Gasteiger partial charge in [-0.3, -0.25) is 0 Å². The van der Waals surface area contributed by atoms with E-state index in [1.54, 1.807) is 12.1 Å². The van der Waals surface area contributed by atoms with Gasteiger partial charge in [-0.2, -0.15) is 29.0 Å². The van der Waals surface area contributed by atoms with E-state index in [1.165, 1.54) is 50.3 Å². The zero-order valence-electron chi connectivity index (χ0n) is 13.3. The highest BCUT2D eigenvalue weighted by molar-refractivity contribution is 5.60. The normalized spacial score (nSPS) is 19.9. The minimum Gasteiger partial charge on any atom is -0.465 e. The fourth-order valence-electron chi connectivity index (χ4n) is 2.93. The van der Waals surface area contributed by atoms with Crippen LogP contribution in [0.2, 0.25) is 0 Å². The summed E-state index contributed by atoms with van der Waals surface area (Å²) in [6.45, 7) is 3.00. The first-order valence-electron chi connectivity index (χ1n) is 7.25. The molecule has 1 aromatic carbocycles. The average Bonchev–Trinajstić information content (AvgIpc) is 2.93. The van der Waals surface area contributed by atoms with Crippen molar-refractivity contribution in [2.75, 3.05) is 0 Å². The quantitative estimate of drug-likeness (QED) is 0.752. The first-order valence-corrected chi connectivity index (χ1v) is 7.25. The molecule has 7 heteroatoms. The molecule has 0 N–H and O–H groups in total. The predicted molar refractivity (Wildman–Crippen MR) is 81.0 cm³/mol. The molecule has 0 fully saturated rings. The molecule has 0 radical (unpaired) electrons. The van der Waals surface area contributed by atoms with E-state index in [0.717, 1.165) is 0 Å². The van der Waals surface area contributed by atoms with Crippen molar-refractivity contribution < 1.29 is 17.9 Å². The standard InChI is InChI=1S/C18H12F3N3O/c1-11(2)15-14(10-24)16(12(8-22)9-23)25-17(15,18(19,20)21)13-6-4-3-5-7-13/h3-7,11H,1-2H3. The van der Waals surface area contributed by atoms with Crippen LogP contribution in [-0.2, 0) is 10.3 Å². The average molecular weight is 343 g/mol. The second kappa shape index (κ2) is 6.34. The lowest BCUT2D eigenvalue weighted by molar-refractivity contribution is -0.252. The predicted octanol–water partition coefficient (Wildman–Crippen LogP) is 4.25. The first-order chi connectivity index (χ1) is 11.7. The van der Waals surface area contributed by atoms with Crippen molar-refractivity contribution in [2.45, 2.75) is 25.6 Å². The Labute approximate surface area is 142 Å². The Morgan fingerprint density at radius 1 is 1.08 bits per heavy atom. The van der Waals surface area contributed by atoms with Crippen molar-refractivity contribution in [3.8, 4) is 18.2 Å². The van der Waals surface area contributed by atoms with Gasteiger partial charge in [-0.25, -0.2) is 0 Å². The second-order valence-electron chi connectivity index (χ2n) is 5.63. The molecule has 0 saturated carbocycles. The van der Waals surface area contributed by atoms with Crippen LogP contribution in [0.25, 0.3) is 0 Å².